The van der Waals surface area contributed by atoms with Crippen molar-refractivity contribution in [2.45, 2.75) is 6.18 Å². The normalized spacial score (nSPS) is 11.5. The molecule has 0 spiro atoms. The van der Waals surface area contributed by atoms with Crippen LogP contribution < -0.4 is 5.32 Å². The summed E-state index contributed by atoms with van der Waals surface area (Å²) in [6.07, 6.45) is -1.46. The SMILES string of the molecule is O=Cc1ccc(Nc2ncc(C(F)(F)F)c(-c3cccc4[nH]ccc34)n2)cc1. The van der Waals surface area contributed by atoms with Crippen LogP contribution in [0.5, 0.6) is 0 Å². The number of anilines is 2. The molecule has 0 aliphatic carbocycles. The van der Waals surface area contributed by atoms with Crippen LogP contribution in [0.4, 0.5) is 24.8 Å². The Hall–Kier alpha value is -3.68. The van der Waals surface area contributed by atoms with Gasteiger partial charge < -0.3 is 10.3 Å². The third-order valence-electron chi connectivity index (χ3n) is 4.25. The fraction of sp³-hybridized carbons (Fsp3) is 0.0500. The van der Waals surface area contributed by atoms with E-state index < -0.39 is 11.7 Å². The highest BCUT2D eigenvalue weighted by Crippen LogP contribution is 2.38. The number of aldehydes is 1. The molecule has 2 N–H and O–H groups in total. The van der Waals surface area contributed by atoms with E-state index in [2.05, 4.69) is 20.3 Å². The zero-order valence-corrected chi connectivity index (χ0v) is 14.3. The lowest BCUT2D eigenvalue weighted by molar-refractivity contribution is -0.137. The van der Waals surface area contributed by atoms with Crippen molar-refractivity contribution in [3.8, 4) is 11.3 Å². The summed E-state index contributed by atoms with van der Waals surface area (Å²) in [7, 11) is 0. The number of benzene rings is 2. The maximum absolute atomic E-state index is 13.6. The van der Waals surface area contributed by atoms with Crippen molar-refractivity contribution >= 4 is 28.8 Å². The Morgan fingerprint density at radius 2 is 1.82 bits per heavy atom. The van der Waals surface area contributed by atoms with Crippen molar-refractivity contribution in [1.82, 2.24) is 15.0 Å². The Morgan fingerprint density at radius 1 is 1.04 bits per heavy atom. The van der Waals surface area contributed by atoms with Crippen LogP contribution in [-0.4, -0.2) is 21.2 Å². The third-order valence-corrected chi connectivity index (χ3v) is 4.25. The molecule has 4 aromatic rings. The van der Waals surface area contributed by atoms with Gasteiger partial charge in [-0.25, -0.2) is 9.97 Å². The number of rotatable bonds is 4. The summed E-state index contributed by atoms with van der Waals surface area (Å²) in [5, 5.41) is 3.51. The van der Waals surface area contributed by atoms with E-state index in [0.717, 1.165) is 6.20 Å². The molecule has 140 valence electrons. The number of halogens is 3. The van der Waals surface area contributed by atoms with Crippen molar-refractivity contribution in [3.63, 3.8) is 0 Å². The zero-order chi connectivity index (χ0) is 19.7. The minimum atomic E-state index is -4.60. The summed E-state index contributed by atoms with van der Waals surface area (Å²) < 4.78 is 40.7. The van der Waals surface area contributed by atoms with Crippen LogP contribution in [-0.2, 0) is 6.18 Å². The average molecular weight is 382 g/mol. The average Bonchev–Trinajstić information content (AvgIpc) is 3.16. The Labute approximate surface area is 157 Å². The maximum atomic E-state index is 13.6. The molecule has 2 aromatic carbocycles. The molecule has 0 radical (unpaired) electrons. The topological polar surface area (TPSA) is 70.7 Å². The minimum Gasteiger partial charge on any atom is -0.361 e. The lowest BCUT2D eigenvalue weighted by Crippen LogP contribution is -2.11. The quantitative estimate of drug-likeness (QED) is 0.476. The second-order valence-electron chi connectivity index (χ2n) is 6.06. The van der Waals surface area contributed by atoms with E-state index >= 15 is 0 Å². The first-order valence-corrected chi connectivity index (χ1v) is 8.29. The van der Waals surface area contributed by atoms with Gasteiger partial charge in [0.05, 0.1) is 5.69 Å². The molecular formula is C20H13F3N4O. The van der Waals surface area contributed by atoms with Crippen molar-refractivity contribution < 1.29 is 18.0 Å². The molecule has 0 saturated carbocycles. The van der Waals surface area contributed by atoms with Crippen molar-refractivity contribution in [1.29, 1.82) is 0 Å². The maximum Gasteiger partial charge on any atom is 0.419 e. The summed E-state index contributed by atoms with van der Waals surface area (Å²) in [6, 6.07) is 13.2. The van der Waals surface area contributed by atoms with Crippen LogP contribution in [0.15, 0.2) is 60.9 Å². The first kappa shape index (κ1) is 17.7. The number of alkyl halides is 3. The molecule has 28 heavy (non-hydrogen) atoms. The van der Waals surface area contributed by atoms with Crippen molar-refractivity contribution in [3.05, 3.63) is 72.1 Å². The fourth-order valence-corrected chi connectivity index (χ4v) is 2.92. The largest absolute Gasteiger partial charge is 0.419 e. The zero-order valence-electron chi connectivity index (χ0n) is 14.3. The molecule has 8 heteroatoms. The van der Waals surface area contributed by atoms with Gasteiger partial charge in [-0.1, -0.05) is 12.1 Å². The first-order chi connectivity index (χ1) is 13.5. The fourth-order valence-electron chi connectivity index (χ4n) is 2.92. The van der Waals surface area contributed by atoms with Gasteiger partial charge in [-0.2, -0.15) is 13.2 Å². The molecule has 5 nitrogen and oxygen atoms in total. The summed E-state index contributed by atoms with van der Waals surface area (Å²) in [5.41, 5.74) is 0.980. The second-order valence-corrected chi connectivity index (χ2v) is 6.06. The lowest BCUT2D eigenvalue weighted by atomic mass is 10.0. The summed E-state index contributed by atoms with van der Waals surface area (Å²) in [4.78, 5) is 21.7. The van der Waals surface area contributed by atoms with Gasteiger partial charge in [0.25, 0.3) is 0 Å². The molecule has 0 fully saturated rings. The molecule has 4 rings (SSSR count). The van der Waals surface area contributed by atoms with Crippen LogP contribution >= 0.6 is 0 Å². The van der Waals surface area contributed by atoms with E-state index in [1.807, 2.05) is 0 Å². The highest BCUT2D eigenvalue weighted by Gasteiger charge is 2.35. The number of carbonyl (C=O) groups excluding carboxylic acids is 1. The molecule has 0 aliphatic rings. The molecule has 2 heterocycles. The van der Waals surface area contributed by atoms with Gasteiger partial charge in [-0.3, -0.25) is 4.79 Å². The van der Waals surface area contributed by atoms with Gasteiger partial charge in [0.15, 0.2) is 0 Å². The smallest absolute Gasteiger partial charge is 0.361 e. The first-order valence-electron chi connectivity index (χ1n) is 8.29. The lowest BCUT2D eigenvalue weighted by Gasteiger charge is -2.14. The van der Waals surface area contributed by atoms with E-state index in [9.17, 15) is 18.0 Å². The molecule has 2 aromatic heterocycles. The van der Waals surface area contributed by atoms with E-state index in [1.54, 1.807) is 54.7 Å². The summed E-state index contributed by atoms with van der Waals surface area (Å²) in [6.45, 7) is 0. The number of hydrogen-bond donors (Lipinski definition) is 2. The van der Waals surface area contributed by atoms with Gasteiger partial charge >= 0.3 is 6.18 Å². The molecule has 0 unspecified atom stereocenters. The van der Waals surface area contributed by atoms with E-state index in [-0.39, 0.29) is 11.6 Å². The standard InChI is InChI=1S/C20H13F3N4O/c21-20(22,23)16-10-25-19(26-13-6-4-12(11-28)5-7-13)27-18(16)15-2-1-3-17-14(15)8-9-24-17/h1-11,24H,(H,25,26,27). The minimum absolute atomic E-state index is 0.0226. The van der Waals surface area contributed by atoms with Crippen LogP contribution in [0.1, 0.15) is 15.9 Å². The number of H-pyrrole nitrogens is 1. The highest BCUT2D eigenvalue weighted by molar-refractivity contribution is 5.95. The number of nitrogens with one attached hydrogen (secondary N) is 2. The van der Waals surface area contributed by atoms with Gasteiger partial charge in [0, 0.05) is 40.1 Å². The number of aromatic nitrogens is 3. The monoisotopic (exact) mass is 382 g/mol. The van der Waals surface area contributed by atoms with Gasteiger partial charge in [0.2, 0.25) is 5.95 Å². The molecular weight excluding hydrogens is 369 g/mol. The van der Waals surface area contributed by atoms with Crippen LogP contribution in [0.25, 0.3) is 22.2 Å². The Balaban J connectivity index is 1.82. The Morgan fingerprint density at radius 3 is 2.54 bits per heavy atom. The summed E-state index contributed by atoms with van der Waals surface area (Å²) in [5.74, 6) is 0.0226. The van der Waals surface area contributed by atoms with Crippen LogP contribution in [0.2, 0.25) is 0 Å². The number of carbonyl (C=O) groups is 1. The third kappa shape index (κ3) is 3.32. The Bertz CT molecular complexity index is 1150. The highest BCUT2D eigenvalue weighted by atomic mass is 19.4. The molecule has 0 amide bonds. The van der Waals surface area contributed by atoms with E-state index in [1.165, 1.54) is 0 Å². The van der Waals surface area contributed by atoms with Crippen molar-refractivity contribution in [2.75, 3.05) is 5.32 Å². The second kappa shape index (κ2) is 6.80. The molecule has 0 bridgehead atoms. The number of fused-ring (bicyclic) bond motifs is 1. The molecule has 0 atom stereocenters. The number of nitrogens with zero attached hydrogens (tertiary/aromatic N) is 2. The molecule has 0 aliphatic heterocycles. The van der Waals surface area contributed by atoms with Gasteiger partial charge in [-0.05, 0) is 36.4 Å². The van der Waals surface area contributed by atoms with E-state index in [0.29, 0.717) is 34.0 Å². The van der Waals surface area contributed by atoms with E-state index in [4.69, 9.17) is 0 Å². The van der Waals surface area contributed by atoms with Gasteiger partial charge in [0.1, 0.15) is 11.8 Å². The molecule has 0 saturated heterocycles. The van der Waals surface area contributed by atoms with Gasteiger partial charge in [-0.15, -0.1) is 0 Å². The number of hydrogen-bond acceptors (Lipinski definition) is 4. The Kier molecular flexibility index (Phi) is 4.31. The predicted molar refractivity (Wildman–Crippen MR) is 99.4 cm³/mol. The van der Waals surface area contributed by atoms with Crippen LogP contribution in [0, 0.1) is 0 Å². The van der Waals surface area contributed by atoms with Crippen LogP contribution in [0.3, 0.4) is 0 Å². The summed E-state index contributed by atoms with van der Waals surface area (Å²) >= 11 is 0. The van der Waals surface area contributed by atoms with Crippen molar-refractivity contribution in [2.24, 2.45) is 0 Å². The number of aromatic amines is 1. The predicted octanol–water partition coefficient (Wildman–Crippen LogP) is 5.20.